The molecule has 1 amide bonds. The second-order valence-corrected chi connectivity index (χ2v) is 8.70. The molecular weight excluding hydrogens is 366 g/mol. The van der Waals surface area contributed by atoms with Gasteiger partial charge in [0.2, 0.25) is 0 Å². The predicted octanol–water partition coefficient (Wildman–Crippen LogP) is 4.33. The first-order valence-electron chi connectivity index (χ1n) is 8.90. The number of thiazole rings is 2. The molecule has 0 saturated carbocycles. The van der Waals surface area contributed by atoms with Crippen LogP contribution in [0.15, 0.2) is 16.5 Å². The Kier molecular flexibility index (Phi) is 4.91. The van der Waals surface area contributed by atoms with Crippen molar-refractivity contribution in [3.8, 4) is 10.8 Å². The summed E-state index contributed by atoms with van der Waals surface area (Å²) in [5.41, 5.74) is 2.01. The largest absolute Gasteiger partial charge is 0.459 e. The number of carbonyl (C=O) groups is 1. The van der Waals surface area contributed by atoms with Crippen LogP contribution in [0.2, 0.25) is 0 Å². The molecule has 0 aliphatic heterocycles. The average Bonchev–Trinajstić information content (AvgIpc) is 3.32. The zero-order valence-corrected chi connectivity index (χ0v) is 16.6. The van der Waals surface area contributed by atoms with E-state index in [1.54, 1.807) is 11.3 Å². The Hall–Kier alpha value is -1.99. The summed E-state index contributed by atoms with van der Waals surface area (Å²) in [5.74, 6) is 1.48. The van der Waals surface area contributed by atoms with Crippen LogP contribution in [0.5, 0.6) is 0 Å². The first kappa shape index (κ1) is 17.4. The third-order valence-electron chi connectivity index (χ3n) is 4.47. The molecule has 136 valence electrons. The monoisotopic (exact) mass is 387 g/mol. The van der Waals surface area contributed by atoms with E-state index in [9.17, 15) is 4.79 Å². The second kappa shape index (κ2) is 7.32. The molecule has 0 saturated heterocycles. The van der Waals surface area contributed by atoms with Crippen molar-refractivity contribution in [2.75, 3.05) is 6.54 Å². The predicted molar refractivity (Wildman–Crippen MR) is 104 cm³/mol. The fourth-order valence-electron chi connectivity index (χ4n) is 3.14. The van der Waals surface area contributed by atoms with E-state index in [4.69, 9.17) is 9.40 Å². The van der Waals surface area contributed by atoms with E-state index >= 15 is 0 Å². The van der Waals surface area contributed by atoms with E-state index in [2.05, 4.69) is 10.3 Å². The Labute approximate surface area is 160 Å². The van der Waals surface area contributed by atoms with Gasteiger partial charge in [0.15, 0.2) is 10.8 Å². The van der Waals surface area contributed by atoms with Gasteiger partial charge in [-0.05, 0) is 51.7 Å². The van der Waals surface area contributed by atoms with Gasteiger partial charge in [0.25, 0.3) is 5.91 Å². The number of nitrogens with zero attached hydrogens (tertiary/aromatic N) is 2. The third-order valence-corrected chi connectivity index (χ3v) is 6.86. The zero-order valence-electron chi connectivity index (χ0n) is 14.9. The highest BCUT2D eigenvalue weighted by Crippen LogP contribution is 2.29. The number of rotatable bonds is 5. The summed E-state index contributed by atoms with van der Waals surface area (Å²) >= 11 is 3.18. The van der Waals surface area contributed by atoms with Gasteiger partial charge in [-0.2, -0.15) is 0 Å². The number of fused-ring (bicyclic) bond motifs is 1. The summed E-state index contributed by atoms with van der Waals surface area (Å²) in [4.78, 5) is 23.8. The van der Waals surface area contributed by atoms with Crippen LogP contribution < -0.4 is 5.32 Å². The molecule has 0 atom stereocenters. The summed E-state index contributed by atoms with van der Waals surface area (Å²) in [6, 6.07) is 3.79. The van der Waals surface area contributed by atoms with Crippen LogP contribution in [0.25, 0.3) is 10.8 Å². The van der Waals surface area contributed by atoms with Crippen LogP contribution in [-0.4, -0.2) is 22.4 Å². The van der Waals surface area contributed by atoms with Gasteiger partial charge in [0.05, 0.1) is 16.4 Å². The molecule has 4 rings (SSSR count). The molecule has 0 fully saturated rings. The number of aryl methyl sites for hydroxylation is 4. The Morgan fingerprint density at radius 2 is 2.04 bits per heavy atom. The lowest BCUT2D eigenvalue weighted by Crippen LogP contribution is -2.25. The van der Waals surface area contributed by atoms with Crippen LogP contribution in [0.3, 0.4) is 0 Å². The smallest absolute Gasteiger partial charge is 0.263 e. The molecule has 3 aromatic heterocycles. The number of amides is 1. The van der Waals surface area contributed by atoms with Crippen LogP contribution >= 0.6 is 22.7 Å². The SMILES string of the molecule is Cc1ccc(-c2nc(C)c(C(=O)NCCc3nc4c(s3)CCCC4)s2)o1. The summed E-state index contributed by atoms with van der Waals surface area (Å²) in [6.07, 6.45) is 5.57. The van der Waals surface area contributed by atoms with Gasteiger partial charge in [-0.3, -0.25) is 4.79 Å². The van der Waals surface area contributed by atoms with E-state index in [0.29, 0.717) is 17.2 Å². The average molecular weight is 388 g/mol. The van der Waals surface area contributed by atoms with Crippen LogP contribution in [0.1, 0.15) is 49.5 Å². The highest BCUT2D eigenvalue weighted by Gasteiger charge is 2.18. The summed E-state index contributed by atoms with van der Waals surface area (Å²) in [7, 11) is 0. The van der Waals surface area contributed by atoms with Crippen LogP contribution in [0, 0.1) is 13.8 Å². The molecule has 7 heteroatoms. The van der Waals surface area contributed by atoms with Crippen molar-refractivity contribution in [2.24, 2.45) is 0 Å². The van der Waals surface area contributed by atoms with Gasteiger partial charge in [-0.25, -0.2) is 9.97 Å². The third kappa shape index (κ3) is 3.59. The van der Waals surface area contributed by atoms with Gasteiger partial charge in [0.1, 0.15) is 10.6 Å². The number of nitrogens with one attached hydrogen (secondary N) is 1. The minimum atomic E-state index is -0.0733. The molecule has 1 N–H and O–H groups in total. The Balaban J connectivity index is 1.37. The number of aromatic nitrogens is 2. The number of hydrogen-bond acceptors (Lipinski definition) is 6. The van der Waals surface area contributed by atoms with E-state index in [0.717, 1.165) is 40.7 Å². The van der Waals surface area contributed by atoms with E-state index in [-0.39, 0.29) is 5.91 Å². The Morgan fingerprint density at radius 1 is 1.19 bits per heavy atom. The molecule has 0 aromatic carbocycles. The summed E-state index contributed by atoms with van der Waals surface area (Å²) in [5, 5.41) is 4.88. The van der Waals surface area contributed by atoms with Gasteiger partial charge in [-0.15, -0.1) is 22.7 Å². The van der Waals surface area contributed by atoms with Crippen molar-refractivity contribution >= 4 is 28.6 Å². The molecule has 0 unspecified atom stereocenters. The fourth-order valence-corrected chi connectivity index (χ4v) is 5.24. The van der Waals surface area contributed by atoms with Crippen molar-refractivity contribution in [1.29, 1.82) is 0 Å². The molecule has 3 heterocycles. The first-order chi connectivity index (χ1) is 12.6. The lowest BCUT2D eigenvalue weighted by Gasteiger charge is -2.06. The van der Waals surface area contributed by atoms with E-state index < -0.39 is 0 Å². The van der Waals surface area contributed by atoms with E-state index in [1.807, 2.05) is 26.0 Å². The quantitative estimate of drug-likeness (QED) is 0.708. The maximum absolute atomic E-state index is 12.5. The molecule has 5 nitrogen and oxygen atoms in total. The minimum Gasteiger partial charge on any atom is -0.459 e. The molecule has 0 radical (unpaired) electrons. The standard InChI is InChI=1S/C19H21N3O2S2/c1-11-7-8-14(24-11)19-21-12(2)17(26-19)18(23)20-10-9-16-22-13-5-3-4-6-15(13)25-16/h7-8H,3-6,9-10H2,1-2H3,(H,20,23). The normalized spacial score (nSPS) is 13.6. The van der Waals surface area contributed by atoms with Crippen molar-refractivity contribution in [2.45, 2.75) is 46.0 Å². The first-order valence-corrected chi connectivity index (χ1v) is 10.5. The molecule has 3 aromatic rings. The van der Waals surface area contributed by atoms with E-state index in [1.165, 1.54) is 34.7 Å². The molecule has 0 spiro atoms. The molecule has 26 heavy (non-hydrogen) atoms. The lowest BCUT2D eigenvalue weighted by atomic mass is 10.0. The highest BCUT2D eigenvalue weighted by molar-refractivity contribution is 7.17. The van der Waals surface area contributed by atoms with Gasteiger partial charge in [-0.1, -0.05) is 0 Å². The molecule has 1 aliphatic carbocycles. The van der Waals surface area contributed by atoms with Crippen molar-refractivity contribution in [1.82, 2.24) is 15.3 Å². The zero-order chi connectivity index (χ0) is 18.1. The Bertz CT molecular complexity index is 915. The lowest BCUT2D eigenvalue weighted by molar-refractivity contribution is 0.0957. The Morgan fingerprint density at radius 3 is 2.81 bits per heavy atom. The van der Waals surface area contributed by atoms with Gasteiger partial charge in [0, 0.05) is 17.8 Å². The number of hydrogen-bond donors (Lipinski definition) is 1. The summed E-state index contributed by atoms with van der Waals surface area (Å²) in [6.45, 7) is 4.35. The van der Waals surface area contributed by atoms with Gasteiger partial charge >= 0.3 is 0 Å². The van der Waals surface area contributed by atoms with Gasteiger partial charge < -0.3 is 9.73 Å². The van der Waals surface area contributed by atoms with Crippen LogP contribution in [0.4, 0.5) is 0 Å². The molecule has 0 bridgehead atoms. The number of carbonyl (C=O) groups excluding carboxylic acids is 1. The summed E-state index contributed by atoms with van der Waals surface area (Å²) < 4.78 is 5.61. The van der Waals surface area contributed by atoms with Crippen molar-refractivity contribution < 1.29 is 9.21 Å². The maximum atomic E-state index is 12.5. The maximum Gasteiger partial charge on any atom is 0.263 e. The topological polar surface area (TPSA) is 68.0 Å². The second-order valence-electron chi connectivity index (χ2n) is 6.53. The minimum absolute atomic E-state index is 0.0733. The molecular formula is C19H21N3O2S2. The fraction of sp³-hybridized carbons (Fsp3) is 0.421. The molecule has 1 aliphatic rings. The van der Waals surface area contributed by atoms with Crippen molar-refractivity contribution in [3.05, 3.63) is 44.0 Å². The highest BCUT2D eigenvalue weighted by atomic mass is 32.1. The van der Waals surface area contributed by atoms with Crippen LogP contribution in [-0.2, 0) is 19.3 Å². The number of furan rings is 1. The van der Waals surface area contributed by atoms with Crippen molar-refractivity contribution in [3.63, 3.8) is 0 Å².